The predicted molar refractivity (Wildman–Crippen MR) is 66.0 cm³/mol. The Balaban J connectivity index is 2.80. The van der Waals surface area contributed by atoms with Crippen LogP contribution < -0.4 is 10.6 Å². The number of nitrogens with zero attached hydrogens (tertiary/aromatic N) is 2. The number of anilines is 1. The minimum absolute atomic E-state index is 0.111. The van der Waals surface area contributed by atoms with Crippen LogP contribution in [0.5, 0.6) is 0 Å². The molecule has 0 saturated heterocycles. The topological polar surface area (TPSA) is 66.9 Å². The molecule has 1 unspecified atom stereocenters. The van der Waals surface area contributed by atoms with E-state index in [4.69, 9.17) is 11.6 Å². The molecule has 88 valence electrons. The fourth-order valence-electron chi connectivity index (χ4n) is 1.07. The smallest absolute Gasteiger partial charge is 0.241 e. The van der Waals surface area contributed by atoms with Gasteiger partial charge in [-0.3, -0.25) is 4.79 Å². The molecular formula is C9H13ClN4OS. The predicted octanol–water partition coefficient (Wildman–Crippen LogP) is 1.40. The molecule has 0 radical (unpaired) electrons. The summed E-state index contributed by atoms with van der Waals surface area (Å²) >= 11 is 7.21. The molecule has 1 aromatic rings. The fraction of sp³-hybridized carbons (Fsp3) is 0.444. The Bertz CT molecular complexity index is 388. The Hall–Kier alpha value is -1.01. The van der Waals surface area contributed by atoms with Gasteiger partial charge < -0.3 is 10.6 Å². The first-order valence-corrected chi connectivity index (χ1v) is 6.23. The Kier molecular flexibility index (Phi) is 4.82. The first-order chi connectivity index (χ1) is 7.56. The van der Waals surface area contributed by atoms with E-state index in [2.05, 4.69) is 20.6 Å². The van der Waals surface area contributed by atoms with Crippen molar-refractivity contribution in [2.45, 2.75) is 18.1 Å². The maximum Gasteiger partial charge on any atom is 0.241 e. The van der Waals surface area contributed by atoms with Crippen LogP contribution in [0, 0.1) is 0 Å². The van der Waals surface area contributed by atoms with Gasteiger partial charge in [0.25, 0.3) is 0 Å². The second-order valence-corrected chi connectivity index (χ2v) is 4.20. The van der Waals surface area contributed by atoms with Gasteiger partial charge in [-0.25, -0.2) is 9.97 Å². The largest absolute Gasteiger partial charge is 0.358 e. The number of carbonyl (C=O) groups excluding carboxylic acids is 1. The van der Waals surface area contributed by atoms with Gasteiger partial charge in [0.2, 0.25) is 5.91 Å². The van der Waals surface area contributed by atoms with Crippen molar-refractivity contribution in [2.24, 2.45) is 0 Å². The first-order valence-electron chi connectivity index (χ1n) is 4.63. The molecule has 5 nitrogen and oxygen atoms in total. The Morgan fingerprint density at radius 1 is 1.56 bits per heavy atom. The molecule has 0 aliphatic rings. The van der Waals surface area contributed by atoms with E-state index in [-0.39, 0.29) is 11.9 Å². The molecule has 0 aliphatic heterocycles. The van der Waals surface area contributed by atoms with Gasteiger partial charge >= 0.3 is 0 Å². The molecule has 1 atom stereocenters. The monoisotopic (exact) mass is 260 g/mol. The lowest BCUT2D eigenvalue weighted by Crippen LogP contribution is -2.35. The van der Waals surface area contributed by atoms with E-state index in [0.29, 0.717) is 16.1 Å². The number of carbonyl (C=O) groups is 1. The molecule has 1 amide bonds. The van der Waals surface area contributed by atoms with Crippen molar-refractivity contribution in [2.75, 3.05) is 18.6 Å². The first kappa shape index (κ1) is 13.1. The number of likely N-dealkylation sites (N-methyl/N-ethyl adjacent to an activating group) is 1. The van der Waals surface area contributed by atoms with Crippen molar-refractivity contribution >= 4 is 35.1 Å². The quantitative estimate of drug-likeness (QED) is 0.487. The SMILES string of the molecule is CNC(=O)C(C)Nc1cc(Cl)nc(SC)n1. The Labute approximate surface area is 103 Å². The van der Waals surface area contributed by atoms with Crippen LogP contribution in [0.4, 0.5) is 5.82 Å². The van der Waals surface area contributed by atoms with Crippen LogP contribution in [-0.2, 0) is 4.79 Å². The molecule has 0 fully saturated rings. The summed E-state index contributed by atoms with van der Waals surface area (Å²) in [4.78, 5) is 19.5. The van der Waals surface area contributed by atoms with Crippen molar-refractivity contribution in [3.63, 3.8) is 0 Å². The van der Waals surface area contributed by atoms with E-state index in [1.54, 1.807) is 20.0 Å². The molecule has 0 bridgehead atoms. The van der Waals surface area contributed by atoms with Crippen LogP contribution in [0.1, 0.15) is 6.92 Å². The van der Waals surface area contributed by atoms with E-state index in [0.717, 1.165) is 0 Å². The number of hydrogen-bond donors (Lipinski definition) is 2. The van der Waals surface area contributed by atoms with Gasteiger partial charge in [-0.15, -0.1) is 0 Å². The second kappa shape index (κ2) is 5.91. The number of hydrogen-bond acceptors (Lipinski definition) is 5. The van der Waals surface area contributed by atoms with E-state index in [1.165, 1.54) is 11.8 Å². The summed E-state index contributed by atoms with van der Waals surface area (Å²) in [5, 5.41) is 6.41. The fourth-order valence-corrected chi connectivity index (χ4v) is 1.68. The van der Waals surface area contributed by atoms with Crippen molar-refractivity contribution in [3.8, 4) is 0 Å². The Morgan fingerprint density at radius 2 is 2.25 bits per heavy atom. The van der Waals surface area contributed by atoms with Crippen molar-refractivity contribution in [1.82, 2.24) is 15.3 Å². The standard InChI is InChI=1S/C9H13ClN4OS/c1-5(8(15)11-2)12-7-4-6(10)13-9(14-7)16-3/h4-5H,1-3H3,(H,11,15)(H,12,13,14). The molecule has 16 heavy (non-hydrogen) atoms. The minimum Gasteiger partial charge on any atom is -0.358 e. The zero-order valence-corrected chi connectivity index (χ0v) is 10.8. The summed E-state index contributed by atoms with van der Waals surface area (Å²) in [6.45, 7) is 1.74. The maximum atomic E-state index is 11.3. The highest BCUT2D eigenvalue weighted by atomic mass is 35.5. The van der Waals surface area contributed by atoms with Crippen molar-refractivity contribution < 1.29 is 4.79 Å². The third-order valence-electron chi connectivity index (χ3n) is 1.86. The number of nitrogens with one attached hydrogen (secondary N) is 2. The lowest BCUT2D eigenvalue weighted by atomic mass is 10.3. The number of rotatable bonds is 4. The highest BCUT2D eigenvalue weighted by Gasteiger charge is 2.12. The third kappa shape index (κ3) is 3.53. The van der Waals surface area contributed by atoms with Crippen LogP contribution in [0.3, 0.4) is 0 Å². The summed E-state index contributed by atoms with van der Waals surface area (Å²) in [6.07, 6.45) is 1.86. The number of halogens is 1. The summed E-state index contributed by atoms with van der Waals surface area (Å²) in [7, 11) is 1.58. The van der Waals surface area contributed by atoms with Gasteiger partial charge in [-0.2, -0.15) is 0 Å². The minimum atomic E-state index is -0.370. The van der Waals surface area contributed by atoms with E-state index < -0.39 is 0 Å². The van der Waals surface area contributed by atoms with E-state index in [9.17, 15) is 4.79 Å². The van der Waals surface area contributed by atoms with Crippen molar-refractivity contribution in [3.05, 3.63) is 11.2 Å². The number of aromatic nitrogens is 2. The summed E-state index contributed by atoms with van der Waals surface area (Å²) in [6, 6.07) is 1.21. The van der Waals surface area contributed by atoms with Gasteiger partial charge in [0.05, 0.1) is 0 Å². The molecule has 7 heteroatoms. The van der Waals surface area contributed by atoms with Crippen LogP contribution in [-0.4, -0.2) is 35.2 Å². The maximum absolute atomic E-state index is 11.3. The highest BCUT2D eigenvalue weighted by Crippen LogP contribution is 2.17. The summed E-state index contributed by atoms with van der Waals surface area (Å²) in [5.74, 6) is 0.431. The lowest BCUT2D eigenvalue weighted by Gasteiger charge is -2.13. The molecule has 0 saturated carbocycles. The molecule has 0 spiro atoms. The van der Waals surface area contributed by atoms with Crippen LogP contribution >= 0.6 is 23.4 Å². The average Bonchev–Trinajstić information content (AvgIpc) is 2.26. The van der Waals surface area contributed by atoms with Crippen molar-refractivity contribution in [1.29, 1.82) is 0 Å². The van der Waals surface area contributed by atoms with E-state index >= 15 is 0 Å². The molecular weight excluding hydrogens is 248 g/mol. The number of thioether (sulfide) groups is 1. The number of amides is 1. The zero-order valence-electron chi connectivity index (χ0n) is 9.24. The lowest BCUT2D eigenvalue weighted by molar-refractivity contribution is -0.121. The molecule has 0 aliphatic carbocycles. The van der Waals surface area contributed by atoms with Gasteiger partial charge in [-0.1, -0.05) is 23.4 Å². The Morgan fingerprint density at radius 3 is 2.81 bits per heavy atom. The van der Waals surface area contributed by atoms with Crippen LogP contribution in [0.25, 0.3) is 0 Å². The van der Waals surface area contributed by atoms with Crippen LogP contribution in [0.2, 0.25) is 5.15 Å². The highest BCUT2D eigenvalue weighted by molar-refractivity contribution is 7.98. The van der Waals surface area contributed by atoms with Gasteiger partial charge in [0.1, 0.15) is 17.0 Å². The molecule has 1 heterocycles. The molecule has 1 aromatic heterocycles. The van der Waals surface area contributed by atoms with Gasteiger partial charge in [0.15, 0.2) is 5.16 Å². The average molecular weight is 261 g/mol. The summed E-state index contributed by atoms with van der Waals surface area (Å²) in [5.41, 5.74) is 0. The van der Waals surface area contributed by atoms with Gasteiger partial charge in [0, 0.05) is 13.1 Å². The normalized spacial score (nSPS) is 12.0. The van der Waals surface area contributed by atoms with Gasteiger partial charge in [-0.05, 0) is 13.2 Å². The second-order valence-electron chi connectivity index (χ2n) is 3.04. The van der Waals surface area contributed by atoms with E-state index in [1.807, 2.05) is 6.26 Å². The molecule has 0 aromatic carbocycles. The van der Waals surface area contributed by atoms with Crippen LogP contribution in [0.15, 0.2) is 11.2 Å². The zero-order chi connectivity index (χ0) is 12.1. The molecule has 2 N–H and O–H groups in total. The third-order valence-corrected chi connectivity index (χ3v) is 2.60. The molecule has 1 rings (SSSR count). The summed E-state index contributed by atoms with van der Waals surface area (Å²) < 4.78 is 0.